The van der Waals surface area contributed by atoms with Crippen LogP contribution in [0, 0.1) is 6.92 Å². The van der Waals surface area contributed by atoms with Crippen molar-refractivity contribution in [3.63, 3.8) is 0 Å². The van der Waals surface area contributed by atoms with Gasteiger partial charge in [0.1, 0.15) is 0 Å². The van der Waals surface area contributed by atoms with Gasteiger partial charge in [-0.25, -0.2) is 0 Å². The van der Waals surface area contributed by atoms with Crippen LogP contribution in [0.3, 0.4) is 0 Å². The number of aryl methyl sites for hydroxylation is 1. The van der Waals surface area contributed by atoms with Crippen molar-refractivity contribution in [1.29, 1.82) is 0 Å². The Balaban J connectivity index is 1.88. The van der Waals surface area contributed by atoms with Crippen LogP contribution in [0.15, 0.2) is 54.6 Å². The normalized spacial score (nSPS) is 11.9. The third kappa shape index (κ3) is 4.14. The largest absolute Gasteiger partial charge is 0.325 e. The highest BCUT2D eigenvalue weighted by Gasteiger charge is 2.14. The maximum absolute atomic E-state index is 12.2. The molecule has 2 aromatic rings. The van der Waals surface area contributed by atoms with Gasteiger partial charge in [0.15, 0.2) is 0 Å². The number of anilines is 1. The second-order valence-corrected chi connectivity index (χ2v) is 6.07. The van der Waals surface area contributed by atoms with E-state index in [4.69, 9.17) is 0 Å². The molecule has 2 nitrogen and oxygen atoms in total. The average molecular weight is 285 g/mol. The maximum Gasteiger partial charge on any atom is 0.237 e. The number of hydrogen-bond acceptors (Lipinski definition) is 2. The predicted molar refractivity (Wildman–Crippen MR) is 87.0 cm³/mol. The Morgan fingerprint density at radius 3 is 2.45 bits per heavy atom. The molecule has 20 heavy (non-hydrogen) atoms. The van der Waals surface area contributed by atoms with Crippen molar-refractivity contribution in [2.75, 3.05) is 5.32 Å². The molecule has 0 aliphatic heterocycles. The summed E-state index contributed by atoms with van der Waals surface area (Å²) >= 11 is 1.65. The highest BCUT2D eigenvalue weighted by molar-refractivity contribution is 7.99. The van der Waals surface area contributed by atoms with Gasteiger partial charge in [-0.3, -0.25) is 4.79 Å². The number of rotatable bonds is 5. The van der Waals surface area contributed by atoms with Crippen LogP contribution in [0.4, 0.5) is 5.69 Å². The van der Waals surface area contributed by atoms with Crippen molar-refractivity contribution in [2.24, 2.45) is 0 Å². The van der Waals surface area contributed by atoms with Gasteiger partial charge in [0.05, 0.1) is 5.25 Å². The molecular formula is C17H19NOS. The van der Waals surface area contributed by atoms with E-state index in [9.17, 15) is 4.79 Å². The monoisotopic (exact) mass is 285 g/mol. The van der Waals surface area contributed by atoms with Gasteiger partial charge in [0, 0.05) is 11.4 Å². The van der Waals surface area contributed by atoms with Crippen LogP contribution in [-0.4, -0.2) is 11.2 Å². The Labute approximate surface area is 124 Å². The minimum atomic E-state index is -0.0742. The van der Waals surface area contributed by atoms with Crippen LogP contribution in [0.2, 0.25) is 0 Å². The lowest BCUT2D eigenvalue weighted by molar-refractivity contribution is -0.115. The molecule has 0 aliphatic rings. The summed E-state index contributed by atoms with van der Waals surface area (Å²) in [7, 11) is 0. The van der Waals surface area contributed by atoms with E-state index >= 15 is 0 Å². The molecule has 0 radical (unpaired) electrons. The van der Waals surface area contributed by atoms with E-state index in [-0.39, 0.29) is 11.2 Å². The zero-order valence-electron chi connectivity index (χ0n) is 11.8. The Morgan fingerprint density at radius 2 is 1.75 bits per heavy atom. The van der Waals surface area contributed by atoms with E-state index in [1.54, 1.807) is 11.8 Å². The summed E-state index contributed by atoms with van der Waals surface area (Å²) < 4.78 is 0. The van der Waals surface area contributed by atoms with Crippen molar-refractivity contribution in [2.45, 2.75) is 24.9 Å². The van der Waals surface area contributed by atoms with Gasteiger partial charge in [0.25, 0.3) is 0 Å². The van der Waals surface area contributed by atoms with Crippen LogP contribution < -0.4 is 5.32 Å². The number of benzene rings is 2. The number of nitrogens with one attached hydrogen (secondary N) is 1. The van der Waals surface area contributed by atoms with E-state index in [1.807, 2.05) is 56.3 Å². The summed E-state index contributed by atoms with van der Waals surface area (Å²) in [6.07, 6.45) is 0. The summed E-state index contributed by atoms with van der Waals surface area (Å²) in [4.78, 5) is 12.2. The molecule has 0 saturated carbocycles. The van der Waals surface area contributed by atoms with Crippen molar-refractivity contribution < 1.29 is 4.79 Å². The number of amides is 1. The molecule has 0 aromatic heterocycles. The topological polar surface area (TPSA) is 29.1 Å². The Bertz CT molecular complexity index is 568. The molecule has 0 bridgehead atoms. The molecule has 104 valence electrons. The maximum atomic E-state index is 12.2. The fourth-order valence-electron chi connectivity index (χ4n) is 1.82. The van der Waals surface area contributed by atoms with Crippen LogP contribution in [0.1, 0.15) is 18.1 Å². The zero-order valence-corrected chi connectivity index (χ0v) is 12.6. The lowest BCUT2D eigenvalue weighted by Crippen LogP contribution is -2.23. The van der Waals surface area contributed by atoms with Gasteiger partial charge in [-0.05, 0) is 31.0 Å². The Kier molecular flexibility index (Phi) is 5.24. The Morgan fingerprint density at radius 1 is 1.10 bits per heavy atom. The molecule has 0 unspecified atom stereocenters. The van der Waals surface area contributed by atoms with Crippen LogP contribution in [0.25, 0.3) is 0 Å². The smallest absolute Gasteiger partial charge is 0.237 e. The highest BCUT2D eigenvalue weighted by atomic mass is 32.2. The van der Waals surface area contributed by atoms with Crippen LogP contribution in [0.5, 0.6) is 0 Å². The van der Waals surface area contributed by atoms with E-state index in [0.717, 1.165) is 17.0 Å². The number of hydrogen-bond donors (Lipinski definition) is 1. The van der Waals surface area contributed by atoms with E-state index < -0.39 is 0 Å². The van der Waals surface area contributed by atoms with Gasteiger partial charge in [0.2, 0.25) is 5.91 Å². The predicted octanol–water partition coefficient (Wildman–Crippen LogP) is 4.26. The number of para-hydroxylation sites is 1. The number of thioether (sulfide) groups is 1. The van der Waals surface area contributed by atoms with Gasteiger partial charge in [-0.2, -0.15) is 0 Å². The molecule has 1 N–H and O–H groups in total. The molecule has 2 rings (SSSR count). The van der Waals surface area contributed by atoms with Gasteiger partial charge in [-0.1, -0.05) is 48.5 Å². The standard InChI is InChI=1S/C17H19NOS/c1-13-8-6-7-11-16(13)18-17(19)14(2)20-12-15-9-4-3-5-10-15/h3-11,14H,12H2,1-2H3,(H,18,19)/t14-/m0/s1. The van der Waals surface area contributed by atoms with Crippen molar-refractivity contribution in [1.82, 2.24) is 0 Å². The van der Waals surface area contributed by atoms with Crippen LogP contribution in [-0.2, 0) is 10.5 Å². The summed E-state index contributed by atoms with van der Waals surface area (Å²) in [5, 5.41) is 2.91. The molecule has 1 atom stereocenters. The highest BCUT2D eigenvalue weighted by Crippen LogP contribution is 2.20. The molecular weight excluding hydrogens is 266 g/mol. The summed E-state index contributed by atoms with van der Waals surface area (Å²) in [6, 6.07) is 18.0. The average Bonchev–Trinajstić information content (AvgIpc) is 2.48. The Hall–Kier alpha value is -1.74. The molecule has 0 aliphatic carbocycles. The number of carbonyl (C=O) groups is 1. The van der Waals surface area contributed by atoms with Gasteiger partial charge < -0.3 is 5.32 Å². The van der Waals surface area contributed by atoms with E-state index in [1.165, 1.54) is 5.56 Å². The summed E-state index contributed by atoms with van der Waals surface area (Å²) in [6.45, 7) is 3.94. The van der Waals surface area contributed by atoms with Crippen molar-refractivity contribution in [3.05, 3.63) is 65.7 Å². The van der Waals surface area contributed by atoms with Gasteiger partial charge in [-0.15, -0.1) is 11.8 Å². The van der Waals surface area contributed by atoms with Crippen LogP contribution >= 0.6 is 11.8 Å². The van der Waals surface area contributed by atoms with Gasteiger partial charge >= 0.3 is 0 Å². The van der Waals surface area contributed by atoms with Crippen molar-refractivity contribution in [3.8, 4) is 0 Å². The third-order valence-corrected chi connectivity index (χ3v) is 4.33. The minimum absolute atomic E-state index is 0.0558. The second-order valence-electron chi connectivity index (χ2n) is 4.74. The summed E-state index contributed by atoms with van der Waals surface area (Å²) in [5.41, 5.74) is 3.22. The molecule has 0 saturated heterocycles. The SMILES string of the molecule is Cc1ccccc1NC(=O)[C@H](C)SCc1ccccc1. The minimum Gasteiger partial charge on any atom is -0.325 e. The molecule has 1 amide bonds. The van der Waals surface area contributed by atoms with E-state index in [0.29, 0.717) is 0 Å². The molecule has 0 fully saturated rings. The second kappa shape index (κ2) is 7.15. The number of carbonyl (C=O) groups excluding carboxylic acids is 1. The first-order valence-corrected chi connectivity index (χ1v) is 7.73. The first kappa shape index (κ1) is 14.7. The lowest BCUT2D eigenvalue weighted by Gasteiger charge is -2.13. The summed E-state index contributed by atoms with van der Waals surface area (Å²) in [5.74, 6) is 0.906. The first-order valence-electron chi connectivity index (χ1n) is 6.69. The quantitative estimate of drug-likeness (QED) is 0.889. The fourth-order valence-corrected chi connectivity index (χ4v) is 2.66. The molecule has 2 aromatic carbocycles. The lowest BCUT2D eigenvalue weighted by atomic mass is 10.2. The third-order valence-electron chi connectivity index (χ3n) is 3.11. The molecule has 0 spiro atoms. The van der Waals surface area contributed by atoms with Crippen molar-refractivity contribution >= 4 is 23.4 Å². The molecule has 3 heteroatoms. The fraction of sp³-hybridized carbons (Fsp3) is 0.235. The molecule has 0 heterocycles. The first-order chi connectivity index (χ1) is 9.66. The zero-order chi connectivity index (χ0) is 14.4. The van der Waals surface area contributed by atoms with E-state index in [2.05, 4.69) is 17.4 Å².